The highest BCUT2D eigenvalue weighted by Gasteiger charge is 2.37. The van der Waals surface area contributed by atoms with Gasteiger partial charge in [-0.15, -0.1) is 0 Å². The van der Waals surface area contributed by atoms with Crippen molar-refractivity contribution in [1.29, 1.82) is 0 Å². The zero-order valence-corrected chi connectivity index (χ0v) is 13.2. The van der Waals surface area contributed by atoms with Gasteiger partial charge in [0, 0.05) is 6.20 Å². The molecule has 0 unspecified atom stereocenters. The molecule has 2 aromatic rings. The summed E-state index contributed by atoms with van der Waals surface area (Å²) in [5.41, 5.74) is -0.684. The lowest BCUT2D eigenvalue weighted by Gasteiger charge is -2.17. The van der Waals surface area contributed by atoms with Crippen LogP contribution in [0.4, 0.5) is 13.2 Å². The zero-order valence-electron chi connectivity index (χ0n) is 13.2. The van der Waals surface area contributed by atoms with E-state index in [2.05, 4.69) is 10.3 Å². The standard InChI is InChI=1S/C17H17F3N2O2/c1-11-5-3-6-13(9-11)24-10-12(2)22-16(23)14-7-4-8-21-15(14)17(18,19)20/h3-9,12H,10H2,1-2H3,(H,22,23)/t12-/m1/s1. The van der Waals surface area contributed by atoms with Crippen molar-refractivity contribution in [3.8, 4) is 5.75 Å². The minimum atomic E-state index is -4.69. The van der Waals surface area contributed by atoms with Crippen LogP contribution in [0.25, 0.3) is 0 Å². The first-order chi connectivity index (χ1) is 11.3. The van der Waals surface area contributed by atoms with Gasteiger partial charge in [-0.1, -0.05) is 12.1 Å². The maximum absolute atomic E-state index is 12.9. The van der Waals surface area contributed by atoms with Crippen molar-refractivity contribution in [2.75, 3.05) is 6.61 Å². The first-order valence-corrected chi connectivity index (χ1v) is 7.30. The Morgan fingerprint density at radius 3 is 2.71 bits per heavy atom. The number of aryl methyl sites for hydroxylation is 1. The number of carbonyl (C=O) groups excluding carboxylic acids is 1. The van der Waals surface area contributed by atoms with Gasteiger partial charge in [-0.05, 0) is 43.7 Å². The second kappa shape index (κ2) is 7.33. The highest BCUT2D eigenvalue weighted by atomic mass is 19.4. The number of ether oxygens (including phenoxy) is 1. The third-order valence-corrected chi connectivity index (χ3v) is 3.19. The summed E-state index contributed by atoms with van der Waals surface area (Å²) in [7, 11) is 0. The van der Waals surface area contributed by atoms with Crippen molar-refractivity contribution in [3.63, 3.8) is 0 Å². The largest absolute Gasteiger partial charge is 0.491 e. The summed E-state index contributed by atoms with van der Waals surface area (Å²) >= 11 is 0. The van der Waals surface area contributed by atoms with Crippen LogP contribution in [0.15, 0.2) is 42.6 Å². The fraction of sp³-hybridized carbons (Fsp3) is 0.294. The molecule has 0 spiro atoms. The van der Waals surface area contributed by atoms with Crippen molar-refractivity contribution in [3.05, 3.63) is 59.4 Å². The van der Waals surface area contributed by atoms with Crippen molar-refractivity contribution in [1.82, 2.24) is 10.3 Å². The van der Waals surface area contributed by atoms with E-state index in [1.165, 1.54) is 6.07 Å². The summed E-state index contributed by atoms with van der Waals surface area (Å²) in [6.45, 7) is 3.70. The number of aromatic nitrogens is 1. The second-order valence-electron chi connectivity index (χ2n) is 5.40. The van der Waals surface area contributed by atoms with Crippen molar-refractivity contribution < 1.29 is 22.7 Å². The van der Waals surface area contributed by atoms with E-state index in [1.807, 2.05) is 25.1 Å². The first-order valence-electron chi connectivity index (χ1n) is 7.30. The molecule has 1 atom stereocenters. The van der Waals surface area contributed by atoms with Crippen LogP contribution in [0.3, 0.4) is 0 Å². The molecule has 0 radical (unpaired) electrons. The number of nitrogens with zero attached hydrogens (tertiary/aromatic N) is 1. The van der Waals surface area contributed by atoms with E-state index >= 15 is 0 Å². The van der Waals surface area contributed by atoms with E-state index in [-0.39, 0.29) is 6.61 Å². The van der Waals surface area contributed by atoms with Crippen LogP contribution in [0.5, 0.6) is 5.75 Å². The molecule has 0 aliphatic carbocycles. The van der Waals surface area contributed by atoms with Gasteiger partial charge < -0.3 is 10.1 Å². The molecule has 0 bridgehead atoms. The molecular weight excluding hydrogens is 321 g/mol. The number of benzene rings is 1. The van der Waals surface area contributed by atoms with E-state index in [1.54, 1.807) is 13.0 Å². The van der Waals surface area contributed by atoms with Crippen LogP contribution in [-0.4, -0.2) is 23.5 Å². The maximum atomic E-state index is 12.9. The lowest BCUT2D eigenvalue weighted by atomic mass is 10.1. The molecule has 0 fully saturated rings. The van der Waals surface area contributed by atoms with E-state index in [4.69, 9.17) is 4.74 Å². The van der Waals surface area contributed by atoms with Crippen LogP contribution in [0.2, 0.25) is 0 Å². The minimum Gasteiger partial charge on any atom is -0.491 e. The Bertz CT molecular complexity index is 717. The molecule has 0 aliphatic rings. The molecule has 7 heteroatoms. The molecule has 1 N–H and O–H groups in total. The van der Waals surface area contributed by atoms with Gasteiger partial charge in [0.1, 0.15) is 12.4 Å². The molecule has 1 heterocycles. The highest BCUT2D eigenvalue weighted by Crippen LogP contribution is 2.29. The number of hydrogen-bond donors (Lipinski definition) is 1. The Hall–Kier alpha value is -2.57. The van der Waals surface area contributed by atoms with Crippen LogP contribution < -0.4 is 10.1 Å². The average Bonchev–Trinajstić information content (AvgIpc) is 2.52. The number of pyridine rings is 1. The normalized spacial score (nSPS) is 12.5. The smallest absolute Gasteiger partial charge is 0.434 e. The molecule has 2 rings (SSSR count). The predicted octanol–water partition coefficient (Wildman–Crippen LogP) is 3.61. The molecule has 4 nitrogen and oxygen atoms in total. The quantitative estimate of drug-likeness (QED) is 0.906. The number of nitrogens with one attached hydrogen (secondary N) is 1. The van der Waals surface area contributed by atoms with Crippen molar-refractivity contribution in [2.24, 2.45) is 0 Å². The van der Waals surface area contributed by atoms with Gasteiger partial charge in [0.2, 0.25) is 0 Å². The van der Waals surface area contributed by atoms with Crippen LogP contribution in [0.1, 0.15) is 28.5 Å². The average molecular weight is 338 g/mol. The third-order valence-electron chi connectivity index (χ3n) is 3.19. The zero-order chi connectivity index (χ0) is 17.7. The van der Waals surface area contributed by atoms with E-state index < -0.39 is 29.4 Å². The number of rotatable bonds is 5. The van der Waals surface area contributed by atoms with E-state index in [0.29, 0.717) is 5.75 Å². The van der Waals surface area contributed by atoms with Gasteiger partial charge in [0.05, 0.1) is 11.6 Å². The van der Waals surface area contributed by atoms with Gasteiger partial charge in [-0.25, -0.2) is 0 Å². The van der Waals surface area contributed by atoms with Crippen molar-refractivity contribution >= 4 is 5.91 Å². The summed E-state index contributed by atoms with van der Waals surface area (Å²) in [5.74, 6) is -0.204. The third kappa shape index (κ3) is 4.71. The van der Waals surface area contributed by atoms with Crippen LogP contribution >= 0.6 is 0 Å². The lowest BCUT2D eigenvalue weighted by Crippen LogP contribution is -2.37. The summed E-state index contributed by atoms with van der Waals surface area (Å²) in [6, 6.07) is 9.26. The molecule has 1 aromatic carbocycles. The Balaban J connectivity index is 1.99. The highest BCUT2D eigenvalue weighted by molar-refractivity contribution is 5.95. The summed E-state index contributed by atoms with van der Waals surface area (Å²) in [5, 5.41) is 2.49. The van der Waals surface area contributed by atoms with E-state index in [9.17, 15) is 18.0 Å². The first kappa shape index (κ1) is 17.8. The summed E-state index contributed by atoms with van der Waals surface area (Å²) in [4.78, 5) is 15.3. The predicted molar refractivity (Wildman–Crippen MR) is 82.8 cm³/mol. The molecule has 24 heavy (non-hydrogen) atoms. The fourth-order valence-corrected chi connectivity index (χ4v) is 2.08. The second-order valence-corrected chi connectivity index (χ2v) is 5.40. The number of amides is 1. The van der Waals surface area contributed by atoms with Gasteiger partial charge in [-0.2, -0.15) is 13.2 Å². The Morgan fingerprint density at radius 2 is 2.04 bits per heavy atom. The molecule has 1 amide bonds. The van der Waals surface area contributed by atoms with Crippen LogP contribution in [0, 0.1) is 6.92 Å². The van der Waals surface area contributed by atoms with Gasteiger partial charge in [0.25, 0.3) is 5.91 Å². The summed E-state index contributed by atoms with van der Waals surface area (Å²) < 4.78 is 44.2. The molecule has 0 aliphatic heterocycles. The monoisotopic (exact) mass is 338 g/mol. The number of hydrogen-bond acceptors (Lipinski definition) is 3. The fourth-order valence-electron chi connectivity index (χ4n) is 2.08. The topological polar surface area (TPSA) is 51.2 Å². The summed E-state index contributed by atoms with van der Waals surface area (Å²) in [6.07, 6.45) is -3.68. The SMILES string of the molecule is Cc1cccc(OC[C@@H](C)NC(=O)c2cccnc2C(F)(F)F)c1. The molecule has 0 saturated carbocycles. The Labute approximate surface area is 137 Å². The minimum absolute atomic E-state index is 0.136. The Kier molecular flexibility index (Phi) is 5.43. The number of carbonyl (C=O) groups is 1. The van der Waals surface area contributed by atoms with Gasteiger partial charge in [0.15, 0.2) is 5.69 Å². The maximum Gasteiger partial charge on any atom is 0.434 e. The molecule has 128 valence electrons. The molecule has 0 saturated heterocycles. The van der Waals surface area contributed by atoms with Crippen molar-refractivity contribution in [2.45, 2.75) is 26.1 Å². The number of halogens is 3. The van der Waals surface area contributed by atoms with Gasteiger partial charge >= 0.3 is 6.18 Å². The van der Waals surface area contributed by atoms with Crippen LogP contribution in [-0.2, 0) is 6.18 Å². The van der Waals surface area contributed by atoms with E-state index in [0.717, 1.165) is 17.8 Å². The Morgan fingerprint density at radius 1 is 1.29 bits per heavy atom. The molecular formula is C17H17F3N2O2. The molecule has 1 aromatic heterocycles. The lowest BCUT2D eigenvalue weighted by molar-refractivity contribution is -0.141. The number of alkyl halides is 3. The van der Waals surface area contributed by atoms with Gasteiger partial charge in [-0.3, -0.25) is 9.78 Å².